The number of carbonyl (C=O) groups excluding carboxylic acids is 2. The molecule has 19 heavy (non-hydrogen) atoms. The normalized spacial score (nSPS) is 21.5. The molecule has 2 amide bonds. The molecule has 102 valence electrons. The Morgan fingerprint density at radius 2 is 2.32 bits per heavy atom. The molecule has 1 saturated heterocycles. The second-order valence-electron chi connectivity index (χ2n) is 4.94. The van der Waals surface area contributed by atoms with Crippen LogP contribution >= 0.6 is 11.3 Å². The summed E-state index contributed by atoms with van der Waals surface area (Å²) in [5.74, 6) is 0.155. The van der Waals surface area contributed by atoms with E-state index in [0.717, 1.165) is 36.4 Å². The molecule has 3 rings (SSSR count). The summed E-state index contributed by atoms with van der Waals surface area (Å²) in [5, 5.41) is 5.79. The number of rotatable bonds is 2. The Kier molecular flexibility index (Phi) is 3.28. The Bertz CT molecular complexity index is 522. The largest absolute Gasteiger partial charge is 0.354 e. The van der Waals surface area contributed by atoms with Crippen LogP contribution in [0.25, 0.3) is 0 Å². The number of amides is 2. The number of hydrogen-bond donors (Lipinski definition) is 2. The smallest absolute Gasteiger partial charge is 0.261 e. The number of hydrogen-bond acceptors (Lipinski definition) is 4. The van der Waals surface area contributed by atoms with Gasteiger partial charge in [-0.25, -0.2) is 0 Å². The van der Waals surface area contributed by atoms with E-state index < -0.39 is 0 Å². The van der Waals surface area contributed by atoms with Crippen molar-refractivity contribution in [2.24, 2.45) is 0 Å². The molecule has 3 heterocycles. The zero-order valence-electron chi connectivity index (χ0n) is 10.9. The predicted molar refractivity (Wildman–Crippen MR) is 73.2 cm³/mol. The van der Waals surface area contributed by atoms with Crippen LogP contribution in [0.4, 0.5) is 0 Å². The van der Waals surface area contributed by atoms with Crippen LogP contribution in [0.3, 0.4) is 0 Å². The number of thiophene rings is 1. The third-order valence-corrected chi connectivity index (χ3v) is 4.99. The molecule has 2 aliphatic rings. The molecule has 0 radical (unpaired) electrons. The first-order valence-electron chi connectivity index (χ1n) is 6.55. The zero-order chi connectivity index (χ0) is 13.4. The quantitative estimate of drug-likeness (QED) is 0.821. The van der Waals surface area contributed by atoms with Crippen molar-refractivity contribution in [1.82, 2.24) is 15.5 Å². The summed E-state index contributed by atoms with van der Waals surface area (Å²) < 4.78 is 0. The number of carbonyl (C=O) groups is 2. The summed E-state index contributed by atoms with van der Waals surface area (Å²) in [4.78, 5) is 27.7. The molecule has 0 spiro atoms. The van der Waals surface area contributed by atoms with E-state index in [9.17, 15) is 9.59 Å². The van der Waals surface area contributed by atoms with Crippen LogP contribution in [0.1, 0.15) is 26.5 Å². The lowest BCUT2D eigenvalue weighted by atomic mass is 10.0. The van der Waals surface area contributed by atoms with Gasteiger partial charge in [-0.3, -0.25) is 9.59 Å². The molecule has 1 fully saturated rings. The molecule has 1 aromatic heterocycles. The average Bonchev–Trinajstić information content (AvgIpc) is 2.78. The maximum atomic E-state index is 12.2. The molecule has 0 aromatic carbocycles. The van der Waals surface area contributed by atoms with Crippen LogP contribution in [0, 0.1) is 0 Å². The fourth-order valence-corrected chi connectivity index (χ4v) is 3.59. The van der Waals surface area contributed by atoms with E-state index in [1.807, 2.05) is 11.0 Å². The van der Waals surface area contributed by atoms with Crippen molar-refractivity contribution in [2.75, 3.05) is 20.1 Å². The van der Waals surface area contributed by atoms with Gasteiger partial charge >= 0.3 is 0 Å². The third kappa shape index (κ3) is 2.26. The predicted octanol–water partition coefficient (Wildman–Crippen LogP) is 0.354. The summed E-state index contributed by atoms with van der Waals surface area (Å²) >= 11 is 1.54. The van der Waals surface area contributed by atoms with Gasteiger partial charge in [-0.15, -0.1) is 11.3 Å². The van der Waals surface area contributed by atoms with Gasteiger partial charge < -0.3 is 15.5 Å². The van der Waals surface area contributed by atoms with E-state index in [1.54, 1.807) is 18.4 Å². The van der Waals surface area contributed by atoms with Gasteiger partial charge in [-0.1, -0.05) is 0 Å². The van der Waals surface area contributed by atoms with E-state index in [2.05, 4.69) is 10.6 Å². The fourth-order valence-electron chi connectivity index (χ4n) is 2.48. The van der Waals surface area contributed by atoms with Crippen LogP contribution in [-0.2, 0) is 17.8 Å². The lowest BCUT2D eigenvalue weighted by molar-refractivity contribution is -0.136. The highest BCUT2D eigenvalue weighted by Gasteiger charge is 2.31. The van der Waals surface area contributed by atoms with E-state index in [4.69, 9.17) is 0 Å². The Morgan fingerprint density at radius 3 is 2.95 bits per heavy atom. The molecule has 1 aromatic rings. The first kappa shape index (κ1) is 12.6. The molecule has 6 heteroatoms. The first-order valence-corrected chi connectivity index (χ1v) is 7.36. The third-order valence-electron chi connectivity index (χ3n) is 3.75. The highest BCUT2D eigenvalue weighted by atomic mass is 32.1. The van der Waals surface area contributed by atoms with Crippen molar-refractivity contribution < 1.29 is 9.59 Å². The van der Waals surface area contributed by atoms with Gasteiger partial charge in [0.1, 0.15) is 0 Å². The molecule has 1 atom stereocenters. The Balaban J connectivity index is 1.74. The lowest BCUT2D eigenvalue weighted by Crippen LogP contribution is -2.55. The second-order valence-corrected chi connectivity index (χ2v) is 6.08. The van der Waals surface area contributed by atoms with Gasteiger partial charge in [-0.2, -0.15) is 0 Å². The molecular formula is C13H17N3O2S. The average molecular weight is 279 g/mol. The van der Waals surface area contributed by atoms with E-state index in [0.29, 0.717) is 6.54 Å². The Morgan fingerprint density at radius 1 is 1.53 bits per heavy atom. The summed E-state index contributed by atoms with van der Waals surface area (Å²) in [6.45, 7) is 2.34. The molecule has 2 aliphatic heterocycles. The molecule has 5 nitrogen and oxygen atoms in total. The SMILES string of the molecule is CNC(=O)c1cc2c(s1)CCN(C(=O)C1CCN1)C2. The van der Waals surface area contributed by atoms with Crippen LogP contribution in [-0.4, -0.2) is 42.9 Å². The Hall–Kier alpha value is -1.40. The van der Waals surface area contributed by atoms with Crippen molar-refractivity contribution in [1.29, 1.82) is 0 Å². The highest BCUT2D eigenvalue weighted by Crippen LogP contribution is 2.28. The molecule has 1 unspecified atom stereocenters. The van der Waals surface area contributed by atoms with Crippen molar-refractivity contribution >= 4 is 23.2 Å². The van der Waals surface area contributed by atoms with Crippen LogP contribution in [0.15, 0.2) is 6.07 Å². The minimum atomic E-state index is -0.0436. The van der Waals surface area contributed by atoms with Gasteiger partial charge in [-0.05, 0) is 31.0 Å². The summed E-state index contributed by atoms with van der Waals surface area (Å²) in [5.41, 5.74) is 1.13. The van der Waals surface area contributed by atoms with Gasteiger partial charge in [0.15, 0.2) is 0 Å². The summed E-state index contributed by atoms with van der Waals surface area (Å²) in [7, 11) is 1.64. The van der Waals surface area contributed by atoms with Crippen molar-refractivity contribution in [2.45, 2.75) is 25.4 Å². The molecule has 0 bridgehead atoms. The minimum Gasteiger partial charge on any atom is -0.354 e. The molecule has 0 saturated carbocycles. The van der Waals surface area contributed by atoms with E-state index in [1.165, 1.54) is 4.88 Å². The summed E-state index contributed by atoms with van der Waals surface area (Å²) in [6.07, 6.45) is 1.80. The number of nitrogens with zero attached hydrogens (tertiary/aromatic N) is 1. The first-order chi connectivity index (χ1) is 9.19. The Labute approximate surface area is 116 Å². The van der Waals surface area contributed by atoms with E-state index >= 15 is 0 Å². The summed E-state index contributed by atoms with van der Waals surface area (Å²) in [6, 6.07) is 1.94. The monoisotopic (exact) mass is 279 g/mol. The standard InChI is InChI=1S/C13H17N3O2S/c1-14-12(17)11-6-8-7-16(5-3-10(8)19-11)13(18)9-2-4-15-9/h6,9,15H,2-5,7H2,1H3,(H,14,17). The van der Waals surface area contributed by atoms with Crippen LogP contribution < -0.4 is 10.6 Å². The molecule has 2 N–H and O–H groups in total. The highest BCUT2D eigenvalue weighted by molar-refractivity contribution is 7.14. The van der Waals surface area contributed by atoms with Gasteiger partial charge in [0, 0.05) is 25.0 Å². The van der Waals surface area contributed by atoms with E-state index in [-0.39, 0.29) is 17.9 Å². The van der Waals surface area contributed by atoms with Gasteiger partial charge in [0.2, 0.25) is 5.91 Å². The minimum absolute atomic E-state index is 0.0126. The van der Waals surface area contributed by atoms with Crippen LogP contribution in [0.2, 0.25) is 0 Å². The molecular weight excluding hydrogens is 262 g/mol. The second kappa shape index (κ2) is 4.94. The van der Waals surface area contributed by atoms with Gasteiger partial charge in [0.05, 0.1) is 10.9 Å². The van der Waals surface area contributed by atoms with Crippen molar-refractivity contribution in [3.05, 3.63) is 21.4 Å². The lowest BCUT2D eigenvalue weighted by Gasteiger charge is -2.34. The maximum Gasteiger partial charge on any atom is 0.261 e. The van der Waals surface area contributed by atoms with Crippen molar-refractivity contribution in [3.8, 4) is 0 Å². The van der Waals surface area contributed by atoms with Gasteiger partial charge in [0.25, 0.3) is 5.91 Å². The van der Waals surface area contributed by atoms with Crippen molar-refractivity contribution in [3.63, 3.8) is 0 Å². The number of nitrogens with one attached hydrogen (secondary N) is 2. The maximum absolute atomic E-state index is 12.2. The topological polar surface area (TPSA) is 61.4 Å². The number of fused-ring (bicyclic) bond motifs is 1. The molecule has 0 aliphatic carbocycles. The fraction of sp³-hybridized carbons (Fsp3) is 0.538. The zero-order valence-corrected chi connectivity index (χ0v) is 11.7. The van der Waals surface area contributed by atoms with Crippen LogP contribution in [0.5, 0.6) is 0 Å².